The van der Waals surface area contributed by atoms with Gasteiger partial charge < -0.3 is 47.9 Å². The highest BCUT2D eigenvalue weighted by molar-refractivity contribution is 7.62. The molecular formula is C69H99N8O13P. The van der Waals surface area contributed by atoms with E-state index in [1.165, 1.54) is 112 Å². The summed E-state index contributed by atoms with van der Waals surface area (Å²) in [6, 6.07) is 28.4. The van der Waals surface area contributed by atoms with E-state index >= 15 is 9.36 Å². The van der Waals surface area contributed by atoms with Gasteiger partial charge in [0.15, 0.2) is 19.7 Å². The number of nitrogens with zero attached hydrogens (tertiary/aromatic N) is 5. The van der Waals surface area contributed by atoms with Gasteiger partial charge in [-0.2, -0.15) is 5.26 Å². The number of aromatic nitrogens is 4. The number of carbonyl (C=O) groups is 1. The van der Waals surface area contributed by atoms with Crippen LogP contribution in [0.15, 0.2) is 123 Å². The van der Waals surface area contributed by atoms with E-state index < -0.39 is 90.3 Å². The molecule has 498 valence electrons. The number of H-pyrrole nitrogens is 2. The summed E-state index contributed by atoms with van der Waals surface area (Å²) < 4.78 is 65.1. The number of unbranched alkanes of at least 4 members (excludes halogenated alkanes) is 14. The van der Waals surface area contributed by atoms with Gasteiger partial charge >= 0.3 is 17.4 Å². The first-order chi connectivity index (χ1) is 44.0. The number of urea groups is 1. The van der Waals surface area contributed by atoms with Gasteiger partial charge in [0, 0.05) is 82.0 Å². The van der Waals surface area contributed by atoms with Crippen molar-refractivity contribution in [3.63, 3.8) is 0 Å². The predicted molar refractivity (Wildman–Crippen MR) is 352 cm³/mol. The zero-order valence-electron chi connectivity index (χ0n) is 54.9. The first kappa shape index (κ1) is 71.8. The molecule has 2 aliphatic rings. The van der Waals surface area contributed by atoms with E-state index in [1.54, 1.807) is 19.1 Å². The number of hydrogen-bond acceptors (Lipinski definition) is 14. The Balaban J connectivity index is 1.23. The highest BCUT2D eigenvalue weighted by atomic mass is 31.2. The van der Waals surface area contributed by atoms with Gasteiger partial charge in [-0.3, -0.25) is 28.7 Å². The molecule has 8 atom stereocenters. The first-order valence-electron chi connectivity index (χ1n) is 32.7. The van der Waals surface area contributed by atoms with Crippen LogP contribution < -0.4 is 37.3 Å². The maximum atomic E-state index is 15.7. The molecule has 3 aromatic carbocycles. The predicted octanol–water partition coefficient (Wildman–Crippen LogP) is 11.1. The largest absolute Gasteiger partial charge is 0.497 e. The fourth-order valence-corrected chi connectivity index (χ4v) is 16.8. The van der Waals surface area contributed by atoms with Crippen molar-refractivity contribution >= 4 is 13.3 Å². The molecule has 2 aromatic heterocycles. The molecule has 7 rings (SSSR count). The van der Waals surface area contributed by atoms with Crippen LogP contribution >= 0.6 is 7.29 Å². The van der Waals surface area contributed by atoms with E-state index in [9.17, 15) is 24.4 Å². The monoisotopic (exact) mass is 1280 g/mol. The Morgan fingerprint density at radius 2 is 1.10 bits per heavy atom. The lowest BCUT2D eigenvalue weighted by Crippen LogP contribution is -2.54. The van der Waals surface area contributed by atoms with Crippen LogP contribution in [0.5, 0.6) is 11.5 Å². The van der Waals surface area contributed by atoms with Gasteiger partial charge in [0.05, 0.1) is 51.7 Å². The molecule has 5 aromatic rings. The summed E-state index contributed by atoms with van der Waals surface area (Å²) in [6.45, 7) is 9.93. The van der Waals surface area contributed by atoms with Crippen LogP contribution in [0.3, 0.4) is 0 Å². The van der Waals surface area contributed by atoms with Crippen LogP contribution in [-0.2, 0) is 33.9 Å². The lowest BCUT2D eigenvalue weighted by Gasteiger charge is -2.44. The van der Waals surface area contributed by atoms with Gasteiger partial charge in [0.2, 0.25) is 0 Å². The molecule has 22 heteroatoms. The third-order valence-corrected chi connectivity index (χ3v) is 22.4. The molecule has 0 unspecified atom stereocenters. The zero-order valence-corrected chi connectivity index (χ0v) is 55.8. The minimum Gasteiger partial charge on any atom is -0.497 e. The summed E-state index contributed by atoms with van der Waals surface area (Å²) in [4.78, 5) is 74.2. The minimum absolute atomic E-state index is 0.0174. The second-order valence-corrected chi connectivity index (χ2v) is 28.5. The molecule has 2 saturated heterocycles. The van der Waals surface area contributed by atoms with E-state index in [4.69, 9.17) is 33.2 Å². The Hall–Kier alpha value is -6.63. The molecule has 0 saturated carbocycles. The summed E-state index contributed by atoms with van der Waals surface area (Å²) in [6.07, 6.45) is 14.1. The highest BCUT2D eigenvalue weighted by Crippen LogP contribution is 2.61. The molecule has 2 aliphatic heterocycles. The van der Waals surface area contributed by atoms with Crippen LogP contribution in [0, 0.1) is 17.2 Å². The maximum absolute atomic E-state index is 15.7. The van der Waals surface area contributed by atoms with E-state index in [-0.39, 0.29) is 50.5 Å². The van der Waals surface area contributed by atoms with E-state index in [1.807, 2.05) is 111 Å². The Morgan fingerprint density at radius 1 is 0.637 bits per heavy atom. The summed E-state index contributed by atoms with van der Waals surface area (Å²) >= 11 is 0. The average molecular weight is 1280 g/mol. The fraction of sp³-hybridized carbons (Fsp3) is 0.594. The Kier molecular flexibility index (Phi) is 27.9. The molecule has 3 N–H and O–H groups in total. The summed E-state index contributed by atoms with van der Waals surface area (Å²) in [7, 11) is 2.78. The van der Waals surface area contributed by atoms with Crippen molar-refractivity contribution in [2.24, 2.45) is 5.92 Å². The van der Waals surface area contributed by atoms with E-state index in [0.717, 1.165) is 42.4 Å². The number of methoxy groups -OCH3 is 4. The van der Waals surface area contributed by atoms with Gasteiger partial charge in [-0.25, -0.2) is 19.1 Å². The van der Waals surface area contributed by atoms with Gasteiger partial charge in [0.25, 0.3) is 11.1 Å². The number of rotatable bonds is 38. The second-order valence-electron chi connectivity index (χ2n) is 24.5. The summed E-state index contributed by atoms with van der Waals surface area (Å²) in [5, 5.41) is 13.3. The Morgan fingerprint density at radius 3 is 1.55 bits per heavy atom. The van der Waals surface area contributed by atoms with Gasteiger partial charge in [-0.05, 0) is 47.4 Å². The van der Waals surface area contributed by atoms with Crippen LogP contribution in [-0.4, -0.2) is 138 Å². The number of benzene rings is 3. The highest BCUT2D eigenvalue weighted by Gasteiger charge is 2.55. The van der Waals surface area contributed by atoms with Crippen molar-refractivity contribution in [3.8, 4) is 17.6 Å². The number of hydrogen-bond donors (Lipinski definition) is 3. The number of ether oxygens (including phenoxy) is 7. The summed E-state index contributed by atoms with van der Waals surface area (Å²) in [5.74, 6) is 0.572. The van der Waals surface area contributed by atoms with Gasteiger partial charge in [0.1, 0.15) is 29.3 Å². The van der Waals surface area contributed by atoms with E-state index in [0.29, 0.717) is 17.9 Å². The normalized spacial score (nSPS) is 20.1. The van der Waals surface area contributed by atoms with Gasteiger partial charge in [-0.1, -0.05) is 179 Å². The smallest absolute Gasteiger partial charge is 0.330 e. The molecule has 4 heterocycles. The molecule has 2 amide bonds. The SMILES string of the molecule is CCCCCCCCCCCCCCCCCN(C[C@H]1O[C@@H](n2ccc(=O)[nH]c2=O)[C@H](OC)[C@@H]1N(CCC#N)P(=O)(C(C)C)C(C)C)C(=O)NC[C@H]1[C@@H](OC)[C@H](n2ccc(=O)[nH]c2=O)O[C@@H]1COC(c1ccccc1)(c1ccc(OC)cc1)c1ccc(OC)cc1. The number of amides is 2. The Bertz CT molecular complexity index is 3290. The van der Waals surface area contributed by atoms with Crippen molar-refractivity contribution in [1.82, 2.24) is 34.0 Å². The van der Waals surface area contributed by atoms with Crippen molar-refractivity contribution < 1.29 is 42.5 Å². The number of carbonyl (C=O) groups excluding carboxylic acids is 1. The molecule has 0 aliphatic carbocycles. The number of aromatic amines is 2. The van der Waals surface area contributed by atoms with Crippen LogP contribution in [0.25, 0.3) is 0 Å². The molecule has 91 heavy (non-hydrogen) atoms. The van der Waals surface area contributed by atoms with Crippen LogP contribution in [0.1, 0.15) is 166 Å². The van der Waals surface area contributed by atoms with E-state index in [2.05, 4.69) is 28.3 Å². The minimum atomic E-state index is -3.40. The second kappa shape index (κ2) is 35.4. The third kappa shape index (κ3) is 17.9. The maximum Gasteiger partial charge on any atom is 0.330 e. The van der Waals surface area contributed by atoms with Crippen molar-refractivity contribution in [2.45, 2.75) is 197 Å². The first-order valence-corrected chi connectivity index (χ1v) is 34.5. The van der Waals surface area contributed by atoms with Gasteiger partial charge in [-0.15, -0.1) is 0 Å². The lowest BCUT2D eigenvalue weighted by atomic mass is 9.80. The standard InChI is InChI=1S/C69H99N8O13P/c1-10-11-12-13-14-15-16-17-18-19-20-21-22-23-27-42-74(47-57-61(77(43-28-41-70)91(83,49(2)3)50(4)5)63(87-9)65(89-57)76-45-40-60(79)73-68(76)82)66(80)71-46-56-58(90-64(62(56)86-8)75-44-39-59(78)72-67(75)81)48-88-69(51-29-25-24-26-30-51,52-31-35-54(84-6)36-32-52)53-33-37-55(85-7)38-34-53/h24-26,29-40,44-45,49-50,56-58,61-65H,10-23,27-28,42-43,46-48H2,1-9H3,(H,71,80)(H,72,78,81)(H,73,79,82)/t56-,57-,58-,61-,62-,63-,64-,65-/m1/s1. The lowest BCUT2D eigenvalue weighted by molar-refractivity contribution is -0.0928. The molecule has 2 fully saturated rings. The van der Waals surface area contributed by atoms with Crippen LogP contribution in [0.2, 0.25) is 0 Å². The van der Waals surface area contributed by atoms with Crippen molar-refractivity contribution in [1.29, 1.82) is 5.26 Å². The van der Waals surface area contributed by atoms with Crippen molar-refractivity contribution in [3.05, 3.63) is 162 Å². The zero-order chi connectivity index (χ0) is 65.5. The fourth-order valence-electron chi connectivity index (χ4n) is 13.3. The molecular weight excluding hydrogens is 1180 g/mol. The quantitative estimate of drug-likeness (QED) is 0.0189. The Labute approximate surface area is 536 Å². The summed E-state index contributed by atoms with van der Waals surface area (Å²) in [5.41, 5.74) is -2.39. The molecule has 21 nitrogen and oxygen atoms in total. The topological polar surface area (TPSA) is 251 Å². The number of nitrogens with one attached hydrogen (secondary N) is 3. The number of nitriles is 1. The molecule has 0 bridgehead atoms. The molecule has 0 spiro atoms. The average Bonchev–Trinajstić information content (AvgIpc) is 1.77. The third-order valence-electron chi connectivity index (χ3n) is 18.1. The molecule has 0 radical (unpaired) electrons. The van der Waals surface area contributed by atoms with Crippen LogP contribution in [0.4, 0.5) is 4.79 Å². The van der Waals surface area contributed by atoms with Crippen molar-refractivity contribution in [2.75, 3.05) is 61.2 Å².